The van der Waals surface area contributed by atoms with Gasteiger partial charge in [-0.05, 0) is 0 Å². The molecule has 0 aliphatic carbocycles. The summed E-state index contributed by atoms with van der Waals surface area (Å²) < 4.78 is 26.8. The number of hydrogen-bond acceptors (Lipinski definition) is 7. The molecular weight excluding hydrogens is 232 g/mol. The fraction of sp³-hybridized carbons (Fsp3) is 0.500. The van der Waals surface area contributed by atoms with Gasteiger partial charge in [-0.3, -0.25) is 0 Å². The van der Waals surface area contributed by atoms with Gasteiger partial charge in [0.1, 0.15) is 16.2 Å². The van der Waals surface area contributed by atoms with E-state index in [1.807, 2.05) is 0 Å². The van der Waals surface area contributed by atoms with Crippen LogP contribution in [0.1, 0.15) is 0 Å². The zero-order valence-electron chi connectivity index (χ0n) is 9.10. The smallest absolute Gasteiger partial charge is 0.203 e. The van der Waals surface area contributed by atoms with Crippen LogP contribution in [0.5, 0.6) is 5.75 Å². The Bertz CT molecular complexity index is 460. The maximum atomic E-state index is 10.9. The van der Waals surface area contributed by atoms with Crippen LogP contribution >= 0.6 is 0 Å². The Morgan fingerprint density at radius 2 is 2.19 bits per heavy atom. The summed E-state index contributed by atoms with van der Waals surface area (Å²) in [4.78, 5) is 7.66. The van der Waals surface area contributed by atoms with Crippen LogP contribution in [0.25, 0.3) is 0 Å². The lowest BCUT2D eigenvalue weighted by Crippen LogP contribution is -2.15. The highest BCUT2D eigenvalue weighted by Gasteiger charge is 2.09. The van der Waals surface area contributed by atoms with Gasteiger partial charge in [-0.25, -0.2) is 18.4 Å². The van der Waals surface area contributed by atoms with E-state index in [0.717, 1.165) is 0 Å². The van der Waals surface area contributed by atoms with Crippen LogP contribution in [-0.4, -0.2) is 44.0 Å². The number of hydrogen-bond donors (Lipinski definition) is 2. The molecule has 0 amide bonds. The molecule has 16 heavy (non-hydrogen) atoms. The molecule has 0 saturated carbocycles. The zero-order chi connectivity index (χ0) is 12.2. The Hall–Kier alpha value is -1.57. The number of sulfone groups is 1. The molecule has 0 bridgehead atoms. The number of ether oxygens (including phenoxy) is 1. The molecule has 1 aromatic rings. The summed E-state index contributed by atoms with van der Waals surface area (Å²) in [6.07, 6.45) is 2.45. The summed E-state index contributed by atoms with van der Waals surface area (Å²) in [5.74, 6) is 0.925. The highest BCUT2D eigenvalue weighted by atomic mass is 32.2. The predicted octanol–water partition coefficient (Wildman–Crippen LogP) is -0.476. The Balaban J connectivity index is 2.71. The fourth-order valence-corrected chi connectivity index (χ4v) is 1.54. The van der Waals surface area contributed by atoms with Gasteiger partial charge < -0.3 is 15.8 Å². The van der Waals surface area contributed by atoms with E-state index in [1.54, 1.807) is 0 Å². The van der Waals surface area contributed by atoms with Crippen molar-refractivity contribution in [3.63, 3.8) is 0 Å². The van der Waals surface area contributed by atoms with Crippen molar-refractivity contribution in [1.82, 2.24) is 9.97 Å². The lowest BCUT2D eigenvalue weighted by Gasteiger charge is -2.10. The van der Waals surface area contributed by atoms with Gasteiger partial charge in [0, 0.05) is 12.8 Å². The molecule has 0 fully saturated rings. The van der Waals surface area contributed by atoms with E-state index in [4.69, 9.17) is 10.5 Å². The molecule has 0 aliphatic rings. The highest BCUT2D eigenvalue weighted by Crippen LogP contribution is 2.25. The molecule has 1 rings (SSSR count). The first kappa shape index (κ1) is 12.5. The third-order valence-electron chi connectivity index (χ3n) is 1.80. The molecule has 0 aliphatic heterocycles. The third-order valence-corrected chi connectivity index (χ3v) is 2.75. The Kier molecular flexibility index (Phi) is 3.88. The molecule has 7 nitrogen and oxygen atoms in total. The van der Waals surface area contributed by atoms with Gasteiger partial charge in [-0.2, -0.15) is 0 Å². The lowest BCUT2D eigenvalue weighted by atomic mass is 10.4. The van der Waals surface area contributed by atoms with Crippen molar-refractivity contribution in [2.75, 3.05) is 36.7 Å². The fourth-order valence-electron chi connectivity index (χ4n) is 1.07. The van der Waals surface area contributed by atoms with Crippen LogP contribution in [0.3, 0.4) is 0 Å². The molecule has 0 saturated heterocycles. The Morgan fingerprint density at radius 3 is 2.75 bits per heavy atom. The van der Waals surface area contributed by atoms with E-state index < -0.39 is 9.84 Å². The first-order valence-electron chi connectivity index (χ1n) is 4.50. The Labute approximate surface area is 94.0 Å². The summed E-state index contributed by atoms with van der Waals surface area (Å²) >= 11 is 0. The van der Waals surface area contributed by atoms with Gasteiger partial charge in [0.15, 0.2) is 11.6 Å². The number of nitrogens with two attached hydrogens (primary N) is 1. The van der Waals surface area contributed by atoms with Crippen molar-refractivity contribution < 1.29 is 13.2 Å². The molecule has 0 radical (unpaired) electrons. The molecule has 0 aromatic carbocycles. The third kappa shape index (κ3) is 3.54. The van der Waals surface area contributed by atoms with Crippen LogP contribution in [0, 0.1) is 0 Å². The average Bonchev–Trinajstić information content (AvgIpc) is 2.16. The van der Waals surface area contributed by atoms with Gasteiger partial charge in [0.25, 0.3) is 0 Å². The number of nitrogens with one attached hydrogen (secondary N) is 1. The number of aromatic nitrogens is 2. The van der Waals surface area contributed by atoms with Crippen LogP contribution in [0.4, 0.5) is 11.6 Å². The van der Waals surface area contributed by atoms with E-state index in [2.05, 4.69) is 15.3 Å². The second-order valence-electron chi connectivity index (χ2n) is 3.20. The van der Waals surface area contributed by atoms with Crippen LogP contribution in [0.15, 0.2) is 6.33 Å². The van der Waals surface area contributed by atoms with Gasteiger partial charge >= 0.3 is 0 Å². The van der Waals surface area contributed by atoms with Gasteiger partial charge in [-0.15, -0.1) is 0 Å². The normalized spacial score (nSPS) is 11.1. The van der Waals surface area contributed by atoms with E-state index in [-0.39, 0.29) is 18.1 Å². The average molecular weight is 246 g/mol. The number of methoxy groups -OCH3 is 1. The molecular formula is C8H14N4O3S. The topological polar surface area (TPSA) is 107 Å². The molecule has 0 spiro atoms. The minimum absolute atomic E-state index is 0.0140. The quantitative estimate of drug-likeness (QED) is 0.722. The van der Waals surface area contributed by atoms with Crippen molar-refractivity contribution in [2.24, 2.45) is 0 Å². The number of nitrogens with zero attached hydrogens (tertiary/aromatic N) is 2. The molecule has 3 N–H and O–H groups in total. The zero-order valence-corrected chi connectivity index (χ0v) is 9.91. The molecule has 0 unspecified atom stereocenters. The minimum atomic E-state index is -3.00. The monoisotopic (exact) mass is 246 g/mol. The van der Waals surface area contributed by atoms with Crippen molar-refractivity contribution in [2.45, 2.75) is 0 Å². The van der Waals surface area contributed by atoms with E-state index in [9.17, 15) is 8.42 Å². The minimum Gasteiger partial charge on any atom is -0.490 e. The van der Waals surface area contributed by atoms with Crippen molar-refractivity contribution in [3.05, 3.63) is 6.33 Å². The largest absolute Gasteiger partial charge is 0.490 e. The predicted molar refractivity (Wildman–Crippen MR) is 61.2 cm³/mol. The lowest BCUT2D eigenvalue weighted by molar-refractivity contribution is 0.415. The van der Waals surface area contributed by atoms with E-state index in [0.29, 0.717) is 11.6 Å². The molecule has 1 heterocycles. The van der Waals surface area contributed by atoms with Crippen LogP contribution < -0.4 is 15.8 Å². The van der Waals surface area contributed by atoms with Gasteiger partial charge in [0.2, 0.25) is 5.75 Å². The van der Waals surface area contributed by atoms with Crippen molar-refractivity contribution in [1.29, 1.82) is 0 Å². The number of anilines is 2. The summed E-state index contributed by atoms with van der Waals surface area (Å²) in [5, 5.41) is 2.83. The number of nitrogen functional groups attached to an aromatic ring is 1. The van der Waals surface area contributed by atoms with Crippen LogP contribution in [0.2, 0.25) is 0 Å². The number of rotatable bonds is 5. The second-order valence-corrected chi connectivity index (χ2v) is 5.46. The summed E-state index contributed by atoms with van der Waals surface area (Å²) in [6, 6.07) is 0. The molecule has 90 valence electrons. The van der Waals surface area contributed by atoms with Crippen molar-refractivity contribution >= 4 is 21.5 Å². The van der Waals surface area contributed by atoms with E-state index in [1.165, 1.54) is 19.7 Å². The molecule has 8 heteroatoms. The molecule has 0 atom stereocenters. The first-order chi connectivity index (χ1) is 7.44. The van der Waals surface area contributed by atoms with Crippen LogP contribution in [-0.2, 0) is 9.84 Å². The second kappa shape index (κ2) is 4.97. The van der Waals surface area contributed by atoms with Gasteiger partial charge in [0.05, 0.1) is 12.9 Å². The maximum Gasteiger partial charge on any atom is 0.203 e. The standard InChI is InChI=1S/C8H14N4O3S/c1-15-6-7(9)11-5-12-8(6)10-3-4-16(2,13)14/h5H,3-4H2,1-2H3,(H3,9,10,11,12). The maximum absolute atomic E-state index is 10.9. The SMILES string of the molecule is COc1c(N)ncnc1NCCS(C)(=O)=O. The summed E-state index contributed by atoms with van der Waals surface area (Å²) in [7, 11) is -1.56. The van der Waals surface area contributed by atoms with E-state index >= 15 is 0 Å². The Morgan fingerprint density at radius 1 is 1.50 bits per heavy atom. The summed E-state index contributed by atoms with van der Waals surface area (Å²) in [6.45, 7) is 0.242. The van der Waals surface area contributed by atoms with Gasteiger partial charge in [-0.1, -0.05) is 0 Å². The first-order valence-corrected chi connectivity index (χ1v) is 6.56. The summed E-state index contributed by atoms with van der Waals surface area (Å²) in [5.41, 5.74) is 5.56. The van der Waals surface area contributed by atoms with Crippen molar-refractivity contribution in [3.8, 4) is 5.75 Å². The molecule has 1 aromatic heterocycles. The highest BCUT2D eigenvalue weighted by molar-refractivity contribution is 7.90.